The quantitative estimate of drug-likeness (QED) is 0.591. The van der Waals surface area contributed by atoms with Crippen LogP contribution in [0.4, 0.5) is 0 Å². The summed E-state index contributed by atoms with van der Waals surface area (Å²) in [7, 11) is -3.29. The Labute approximate surface area is 62.5 Å². The van der Waals surface area contributed by atoms with Crippen LogP contribution in [0.25, 0.3) is 0 Å². The Balaban J connectivity index is 4.16. The fourth-order valence-electron chi connectivity index (χ4n) is 0.469. The Kier molecular flexibility index (Phi) is 2.86. The monoisotopic (exact) mass is 166 g/mol. The molecule has 0 radical (unpaired) electrons. The van der Waals surface area contributed by atoms with E-state index in [2.05, 4.69) is 0 Å². The summed E-state index contributed by atoms with van der Waals surface area (Å²) < 4.78 is 25.9. The first-order valence-corrected chi connectivity index (χ1v) is 4.99. The lowest BCUT2D eigenvalue weighted by molar-refractivity contribution is 0.115. The normalized spacial score (nSPS) is 13.6. The highest BCUT2D eigenvalue weighted by Crippen LogP contribution is 2.15. The van der Waals surface area contributed by atoms with Gasteiger partial charge in [-0.25, -0.2) is 0 Å². The van der Waals surface area contributed by atoms with E-state index in [1.54, 1.807) is 13.8 Å². The van der Waals surface area contributed by atoms with E-state index >= 15 is 0 Å². The van der Waals surface area contributed by atoms with E-state index in [0.29, 0.717) is 6.42 Å². The van der Waals surface area contributed by atoms with Gasteiger partial charge in [-0.15, -0.1) is 0 Å². The number of hydrogen-bond donors (Lipinski definition) is 0. The molecule has 0 aromatic heterocycles. The molecule has 0 spiro atoms. The molecule has 0 fully saturated rings. The van der Waals surface area contributed by atoms with Gasteiger partial charge in [0.15, 0.2) is 0 Å². The van der Waals surface area contributed by atoms with E-state index in [1.807, 2.05) is 6.92 Å². The molecule has 62 valence electrons. The van der Waals surface area contributed by atoms with E-state index in [0.717, 1.165) is 6.26 Å². The third-order valence-electron chi connectivity index (χ3n) is 1.23. The summed E-state index contributed by atoms with van der Waals surface area (Å²) in [6.07, 6.45) is 1.74. The van der Waals surface area contributed by atoms with E-state index < -0.39 is 15.7 Å². The van der Waals surface area contributed by atoms with Crippen LogP contribution in [0.15, 0.2) is 0 Å². The lowest BCUT2D eigenvalue weighted by Crippen LogP contribution is -2.26. The molecule has 3 nitrogen and oxygen atoms in total. The van der Waals surface area contributed by atoms with Crippen LogP contribution in [0.1, 0.15) is 27.2 Å². The zero-order valence-corrected chi connectivity index (χ0v) is 7.66. The van der Waals surface area contributed by atoms with Crippen molar-refractivity contribution in [2.75, 3.05) is 6.26 Å². The fraction of sp³-hybridized carbons (Fsp3) is 1.00. The molecule has 0 aliphatic carbocycles. The maximum Gasteiger partial charge on any atom is 0.264 e. The predicted molar refractivity (Wildman–Crippen MR) is 40.3 cm³/mol. The minimum Gasteiger partial charge on any atom is -0.264 e. The van der Waals surface area contributed by atoms with Crippen LogP contribution in [-0.2, 0) is 14.3 Å². The average Bonchev–Trinajstić information content (AvgIpc) is 1.60. The van der Waals surface area contributed by atoms with Gasteiger partial charge in [-0.05, 0) is 20.3 Å². The molecule has 0 unspecified atom stereocenters. The molecular formula is C6H14O3S. The van der Waals surface area contributed by atoms with Crippen molar-refractivity contribution in [3.05, 3.63) is 0 Å². The third-order valence-corrected chi connectivity index (χ3v) is 1.98. The maximum atomic E-state index is 10.6. The van der Waals surface area contributed by atoms with Crippen LogP contribution in [0.3, 0.4) is 0 Å². The van der Waals surface area contributed by atoms with Gasteiger partial charge in [-0.3, -0.25) is 4.18 Å². The largest absolute Gasteiger partial charge is 0.264 e. The van der Waals surface area contributed by atoms with Gasteiger partial charge in [0, 0.05) is 0 Å². The molecule has 0 bridgehead atoms. The molecule has 0 rings (SSSR count). The summed E-state index contributed by atoms with van der Waals surface area (Å²) >= 11 is 0. The predicted octanol–water partition coefficient (Wildman–Crippen LogP) is 1.15. The number of rotatable bonds is 3. The van der Waals surface area contributed by atoms with Crippen LogP contribution < -0.4 is 0 Å². The van der Waals surface area contributed by atoms with Gasteiger partial charge in [-0.2, -0.15) is 8.42 Å². The molecule has 0 saturated heterocycles. The van der Waals surface area contributed by atoms with Gasteiger partial charge in [0.25, 0.3) is 10.1 Å². The lowest BCUT2D eigenvalue weighted by atomic mass is 10.1. The molecule has 0 aliphatic heterocycles. The molecule has 0 aromatic rings. The van der Waals surface area contributed by atoms with E-state index in [9.17, 15) is 8.42 Å². The maximum absolute atomic E-state index is 10.6. The summed E-state index contributed by atoms with van der Waals surface area (Å²) in [6, 6.07) is 0. The van der Waals surface area contributed by atoms with Gasteiger partial charge < -0.3 is 0 Å². The van der Waals surface area contributed by atoms with Crippen LogP contribution in [0.2, 0.25) is 0 Å². The SMILES string of the molecule is CCC(C)(C)OS(C)(=O)=O. The fourth-order valence-corrected chi connectivity index (χ4v) is 1.41. The minimum atomic E-state index is -3.29. The summed E-state index contributed by atoms with van der Waals surface area (Å²) in [6.45, 7) is 5.37. The van der Waals surface area contributed by atoms with E-state index in [1.165, 1.54) is 0 Å². The molecule has 0 saturated carbocycles. The van der Waals surface area contributed by atoms with Crippen LogP contribution in [0, 0.1) is 0 Å². The first-order chi connectivity index (χ1) is 4.27. The van der Waals surface area contributed by atoms with Crippen molar-refractivity contribution in [1.29, 1.82) is 0 Å². The number of hydrogen-bond acceptors (Lipinski definition) is 3. The summed E-state index contributed by atoms with van der Waals surface area (Å²) in [5.74, 6) is 0. The van der Waals surface area contributed by atoms with Crippen molar-refractivity contribution in [2.45, 2.75) is 32.8 Å². The highest BCUT2D eigenvalue weighted by Gasteiger charge is 2.20. The van der Waals surface area contributed by atoms with Gasteiger partial charge in [-0.1, -0.05) is 6.92 Å². The standard InChI is InChI=1S/C6H14O3S/c1-5-6(2,3)9-10(4,7)8/h5H2,1-4H3. The van der Waals surface area contributed by atoms with Gasteiger partial charge >= 0.3 is 0 Å². The summed E-state index contributed by atoms with van der Waals surface area (Å²) in [5, 5.41) is 0. The zero-order chi connectivity index (χ0) is 8.41. The van der Waals surface area contributed by atoms with Crippen LogP contribution >= 0.6 is 0 Å². The van der Waals surface area contributed by atoms with Crippen molar-refractivity contribution >= 4 is 10.1 Å². The van der Waals surface area contributed by atoms with E-state index in [4.69, 9.17) is 4.18 Å². The molecule has 0 N–H and O–H groups in total. The van der Waals surface area contributed by atoms with Gasteiger partial charge in [0.1, 0.15) is 0 Å². The summed E-state index contributed by atoms with van der Waals surface area (Å²) in [5.41, 5.74) is -0.562. The Morgan fingerprint density at radius 3 is 1.90 bits per heavy atom. The van der Waals surface area contributed by atoms with E-state index in [-0.39, 0.29) is 0 Å². The molecular weight excluding hydrogens is 152 g/mol. The molecule has 0 heterocycles. The second-order valence-electron chi connectivity index (χ2n) is 2.90. The molecule has 0 aromatic carbocycles. The van der Waals surface area contributed by atoms with Gasteiger partial charge in [0.05, 0.1) is 11.9 Å². The topological polar surface area (TPSA) is 43.4 Å². The average molecular weight is 166 g/mol. The van der Waals surface area contributed by atoms with Crippen molar-refractivity contribution in [3.8, 4) is 0 Å². The van der Waals surface area contributed by atoms with Crippen molar-refractivity contribution in [2.24, 2.45) is 0 Å². The highest BCUT2D eigenvalue weighted by molar-refractivity contribution is 7.86. The minimum absolute atomic E-state index is 0.562. The molecule has 10 heavy (non-hydrogen) atoms. The van der Waals surface area contributed by atoms with Crippen LogP contribution in [0.5, 0.6) is 0 Å². The molecule has 0 atom stereocenters. The summed E-state index contributed by atoms with van der Waals surface area (Å²) in [4.78, 5) is 0. The first kappa shape index (κ1) is 9.91. The molecule has 0 amide bonds. The molecule has 0 aliphatic rings. The van der Waals surface area contributed by atoms with Crippen molar-refractivity contribution in [1.82, 2.24) is 0 Å². The molecule has 4 heteroatoms. The van der Waals surface area contributed by atoms with Crippen molar-refractivity contribution in [3.63, 3.8) is 0 Å². The second-order valence-corrected chi connectivity index (χ2v) is 4.48. The Bertz CT molecular complexity index is 191. The first-order valence-electron chi connectivity index (χ1n) is 3.17. The third kappa shape index (κ3) is 4.76. The highest BCUT2D eigenvalue weighted by atomic mass is 32.2. The van der Waals surface area contributed by atoms with Crippen LogP contribution in [-0.4, -0.2) is 20.3 Å². The second kappa shape index (κ2) is 2.88. The Morgan fingerprint density at radius 1 is 1.40 bits per heavy atom. The van der Waals surface area contributed by atoms with Crippen molar-refractivity contribution < 1.29 is 12.6 Å². The lowest BCUT2D eigenvalue weighted by Gasteiger charge is -2.20. The smallest absolute Gasteiger partial charge is 0.264 e. The Hall–Kier alpha value is -0.0900. The Morgan fingerprint density at radius 2 is 1.80 bits per heavy atom. The van der Waals surface area contributed by atoms with Gasteiger partial charge in [0.2, 0.25) is 0 Å². The zero-order valence-electron chi connectivity index (χ0n) is 6.84.